The van der Waals surface area contributed by atoms with Crippen LogP contribution in [0, 0.1) is 11.3 Å². The molecule has 4 fully saturated rings. The number of ether oxygens (including phenoxy) is 2. The molecule has 3 heterocycles. The number of aliphatic hydroxyl groups excluding tert-OH is 1. The SMILES string of the molecule is CC(C)=CCc1ccc2[nH]c3c(c2c1CC=C(C)C)C[C@@H]1CC[C@@]2(O)C45OC4C(O)[C@@H](C(C)(C)O)O[C@H]5CC[C@]2(C)[C@@]31C. The maximum atomic E-state index is 13.0. The Morgan fingerprint density at radius 1 is 1.05 bits per heavy atom. The molecule has 7 rings (SSSR count). The fourth-order valence-electron chi connectivity index (χ4n) is 10.3. The minimum Gasteiger partial charge on any atom is -0.388 e. The van der Waals surface area contributed by atoms with Crippen LogP contribution in [-0.4, -0.2) is 61.5 Å². The second-order valence-corrected chi connectivity index (χ2v) is 16.0. The smallest absolute Gasteiger partial charge is 0.152 e. The third kappa shape index (κ3) is 3.71. The second kappa shape index (κ2) is 9.29. The Labute approximate surface area is 256 Å². The highest BCUT2D eigenvalue weighted by atomic mass is 16.7. The zero-order valence-corrected chi connectivity index (χ0v) is 27.3. The predicted molar refractivity (Wildman–Crippen MR) is 169 cm³/mol. The number of hydrogen-bond donors (Lipinski definition) is 4. The Morgan fingerprint density at radius 3 is 2.42 bits per heavy atom. The van der Waals surface area contributed by atoms with Crippen LogP contribution in [0.25, 0.3) is 10.9 Å². The van der Waals surface area contributed by atoms with Crippen molar-refractivity contribution in [3.05, 3.63) is 57.8 Å². The van der Waals surface area contributed by atoms with Crippen LogP contribution in [0.2, 0.25) is 0 Å². The van der Waals surface area contributed by atoms with Gasteiger partial charge in [-0.3, -0.25) is 0 Å². The number of fused-ring (bicyclic) bond motifs is 7. The van der Waals surface area contributed by atoms with E-state index in [9.17, 15) is 15.3 Å². The van der Waals surface area contributed by atoms with Gasteiger partial charge in [-0.15, -0.1) is 0 Å². The number of H-pyrrole nitrogens is 1. The van der Waals surface area contributed by atoms with E-state index in [1.165, 1.54) is 44.4 Å². The van der Waals surface area contributed by atoms with Crippen LogP contribution in [0.5, 0.6) is 0 Å². The minimum atomic E-state index is -1.21. The van der Waals surface area contributed by atoms with Crippen molar-refractivity contribution in [1.82, 2.24) is 4.98 Å². The number of allylic oxidation sites excluding steroid dienone is 4. The highest BCUT2D eigenvalue weighted by Gasteiger charge is 2.86. The molecule has 0 amide bonds. The van der Waals surface area contributed by atoms with E-state index >= 15 is 0 Å². The lowest BCUT2D eigenvalue weighted by Gasteiger charge is -2.66. The molecule has 1 spiro atoms. The monoisotopic (exact) mass is 589 g/mol. The number of aromatic nitrogens is 1. The summed E-state index contributed by atoms with van der Waals surface area (Å²) >= 11 is 0. The zero-order chi connectivity index (χ0) is 30.9. The average molecular weight is 590 g/mol. The van der Waals surface area contributed by atoms with E-state index in [1.807, 2.05) is 0 Å². The van der Waals surface area contributed by atoms with Crippen LogP contribution >= 0.6 is 0 Å². The van der Waals surface area contributed by atoms with Crippen molar-refractivity contribution in [3.63, 3.8) is 0 Å². The van der Waals surface area contributed by atoms with Crippen LogP contribution in [0.1, 0.15) is 103 Å². The molecule has 43 heavy (non-hydrogen) atoms. The lowest BCUT2D eigenvalue weighted by atomic mass is 9.40. The molecular weight excluding hydrogens is 538 g/mol. The Bertz CT molecular complexity index is 1540. The molecule has 0 radical (unpaired) electrons. The number of aliphatic hydroxyl groups is 3. The first-order valence-electron chi connectivity index (χ1n) is 16.5. The normalized spacial score (nSPS) is 41.0. The van der Waals surface area contributed by atoms with Gasteiger partial charge in [-0.1, -0.05) is 43.2 Å². The molecule has 9 atom stereocenters. The van der Waals surface area contributed by atoms with E-state index in [0.717, 1.165) is 38.5 Å². The summed E-state index contributed by atoms with van der Waals surface area (Å²) in [5.74, 6) is 0.407. The van der Waals surface area contributed by atoms with Gasteiger partial charge in [-0.25, -0.2) is 0 Å². The summed E-state index contributed by atoms with van der Waals surface area (Å²) in [5.41, 5.74) is 5.27. The lowest BCUT2D eigenvalue weighted by molar-refractivity contribution is -0.280. The fourth-order valence-corrected chi connectivity index (χ4v) is 10.3. The van der Waals surface area contributed by atoms with E-state index in [1.54, 1.807) is 13.8 Å². The summed E-state index contributed by atoms with van der Waals surface area (Å²) < 4.78 is 12.9. The van der Waals surface area contributed by atoms with E-state index in [4.69, 9.17) is 9.47 Å². The Hall–Kier alpha value is -1.96. The maximum absolute atomic E-state index is 13.0. The molecule has 2 aromatic rings. The van der Waals surface area contributed by atoms with Crippen molar-refractivity contribution >= 4 is 10.9 Å². The number of epoxide rings is 1. The third-order valence-electron chi connectivity index (χ3n) is 12.8. The summed E-state index contributed by atoms with van der Waals surface area (Å²) in [7, 11) is 0. The number of nitrogens with one attached hydrogen (secondary N) is 1. The Morgan fingerprint density at radius 2 is 1.74 bits per heavy atom. The topological polar surface area (TPSA) is 98.2 Å². The second-order valence-electron chi connectivity index (χ2n) is 16.0. The number of benzene rings is 1. The molecule has 1 aromatic carbocycles. The van der Waals surface area contributed by atoms with E-state index < -0.39 is 40.5 Å². The number of aromatic amines is 1. The first kappa shape index (κ1) is 29.7. The molecular formula is C37H51NO5. The largest absolute Gasteiger partial charge is 0.388 e. The molecule has 6 heteroatoms. The van der Waals surface area contributed by atoms with E-state index in [2.05, 4.69) is 70.8 Å². The molecule has 1 aromatic heterocycles. The molecule has 4 N–H and O–H groups in total. The van der Waals surface area contributed by atoms with Gasteiger partial charge >= 0.3 is 0 Å². The first-order valence-corrected chi connectivity index (χ1v) is 16.5. The van der Waals surface area contributed by atoms with Gasteiger partial charge in [0.15, 0.2) is 5.60 Å². The standard InChI is InChI=1S/C37H51NO5/c1-20(2)9-11-22-12-14-26-28(24(22)13-10-21(3)4)25-19-23-15-18-36(41)34(7,35(23,8)30(25)38-26)17-16-27-37(36)32(43-37)29(39)31(42-27)33(5,6)40/h9-10,12,14,23,27,29,31-32,38-41H,11,13,15-19H2,1-8H3/t23-,27-,29?,31-,32?,34+,35+,36-,37?/m0/s1. The molecule has 2 saturated carbocycles. The number of rotatable bonds is 5. The van der Waals surface area contributed by atoms with Crippen LogP contribution in [0.15, 0.2) is 35.4 Å². The summed E-state index contributed by atoms with van der Waals surface area (Å²) in [6, 6.07) is 4.56. The van der Waals surface area contributed by atoms with Crippen LogP contribution < -0.4 is 0 Å². The zero-order valence-electron chi connectivity index (χ0n) is 27.3. The lowest BCUT2D eigenvalue weighted by Crippen LogP contribution is -2.76. The van der Waals surface area contributed by atoms with Crippen LogP contribution in [-0.2, 0) is 34.2 Å². The van der Waals surface area contributed by atoms with Crippen molar-refractivity contribution in [2.45, 2.75) is 147 Å². The fraction of sp³-hybridized carbons (Fsp3) is 0.676. The highest BCUT2D eigenvalue weighted by Crippen LogP contribution is 2.75. The molecule has 3 unspecified atom stereocenters. The summed E-state index contributed by atoms with van der Waals surface area (Å²) in [6.07, 6.45) is 7.94. The van der Waals surface area contributed by atoms with Gasteiger partial charge in [0.2, 0.25) is 0 Å². The Balaban J connectivity index is 1.35. The predicted octanol–water partition coefficient (Wildman–Crippen LogP) is 5.98. The Kier molecular flexibility index (Phi) is 6.43. The molecule has 2 aliphatic heterocycles. The molecule has 234 valence electrons. The van der Waals surface area contributed by atoms with Crippen molar-refractivity contribution in [2.24, 2.45) is 11.3 Å². The van der Waals surface area contributed by atoms with Gasteiger partial charge in [0, 0.05) is 27.4 Å². The van der Waals surface area contributed by atoms with Gasteiger partial charge in [0.05, 0.1) is 11.7 Å². The third-order valence-corrected chi connectivity index (χ3v) is 12.8. The molecule has 2 saturated heterocycles. The summed E-state index contributed by atoms with van der Waals surface area (Å²) in [5, 5.41) is 36.5. The van der Waals surface area contributed by atoms with E-state index in [0.29, 0.717) is 12.3 Å². The summed E-state index contributed by atoms with van der Waals surface area (Å²) in [6.45, 7) is 16.7. The quantitative estimate of drug-likeness (QED) is 0.254. The van der Waals surface area contributed by atoms with Gasteiger partial charge in [0.25, 0.3) is 0 Å². The van der Waals surface area contributed by atoms with Gasteiger partial charge in [-0.05, 0) is 115 Å². The molecule has 3 aliphatic carbocycles. The van der Waals surface area contributed by atoms with Gasteiger partial charge in [-0.2, -0.15) is 0 Å². The minimum absolute atomic E-state index is 0.295. The summed E-state index contributed by atoms with van der Waals surface area (Å²) in [4.78, 5) is 3.94. The molecule has 0 bridgehead atoms. The van der Waals surface area contributed by atoms with Crippen molar-refractivity contribution in [1.29, 1.82) is 0 Å². The first-order chi connectivity index (χ1) is 20.1. The van der Waals surface area contributed by atoms with Gasteiger partial charge < -0.3 is 29.8 Å². The molecule has 5 aliphatic rings. The van der Waals surface area contributed by atoms with Crippen LogP contribution in [0.4, 0.5) is 0 Å². The van der Waals surface area contributed by atoms with Crippen LogP contribution in [0.3, 0.4) is 0 Å². The number of hydrogen-bond acceptors (Lipinski definition) is 5. The molecule has 6 nitrogen and oxygen atoms in total. The maximum Gasteiger partial charge on any atom is 0.152 e. The highest BCUT2D eigenvalue weighted by molar-refractivity contribution is 5.90. The van der Waals surface area contributed by atoms with Crippen molar-refractivity contribution < 1.29 is 24.8 Å². The average Bonchev–Trinajstić information content (AvgIpc) is 3.50. The van der Waals surface area contributed by atoms with E-state index in [-0.39, 0.29) is 11.5 Å². The van der Waals surface area contributed by atoms with Crippen molar-refractivity contribution in [3.8, 4) is 0 Å². The van der Waals surface area contributed by atoms with Crippen molar-refractivity contribution in [2.75, 3.05) is 0 Å². The van der Waals surface area contributed by atoms with Gasteiger partial charge in [0.1, 0.15) is 23.9 Å².